The van der Waals surface area contributed by atoms with E-state index >= 15 is 0 Å². The summed E-state index contributed by atoms with van der Waals surface area (Å²) in [5, 5.41) is 7.47. The van der Waals surface area contributed by atoms with Gasteiger partial charge in [0.05, 0.1) is 0 Å². The Bertz CT molecular complexity index is 455. The molecule has 0 atom stereocenters. The summed E-state index contributed by atoms with van der Waals surface area (Å²) >= 11 is 0. The Morgan fingerprint density at radius 3 is 2.74 bits per heavy atom. The van der Waals surface area contributed by atoms with Gasteiger partial charge in [-0.25, -0.2) is 0 Å². The van der Waals surface area contributed by atoms with E-state index in [1.54, 1.807) is 0 Å². The van der Waals surface area contributed by atoms with Gasteiger partial charge in [-0.1, -0.05) is 12.1 Å². The monoisotopic (exact) mass is 260 g/mol. The zero-order chi connectivity index (χ0) is 13.8. The Morgan fingerprint density at radius 2 is 2.05 bits per heavy atom. The van der Waals surface area contributed by atoms with Crippen molar-refractivity contribution >= 4 is 5.84 Å². The van der Waals surface area contributed by atoms with E-state index in [0.29, 0.717) is 0 Å². The first kappa shape index (κ1) is 14.0. The third-order valence-electron chi connectivity index (χ3n) is 3.86. The van der Waals surface area contributed by atoms with Crippen LogP contribution in [0.15, 0.2) is 18.2 Å². The fourth-order valence-electron chi connectivity index (χ4n) is 2.54. The Kier molecular flexibility index (Phi) is 4.56. The van der Waals surface area contributed by atoms with Crippen molar-refractivity contribution in [3.8, 4) is 0 Å². The van der Waals surface area contributed by atoms with Crippen molar-refractivity contribution in [1.82, 2.24) is 9.80 Å². The normalized spacial score (nSPS) is 18.2. The van der Waals surface area contributed by atoms with Gasteiger partial charge in [0.2, 0.25) is 0 Å². The highest BCUT2D eigenvalue weighted by molar-refractivity contribution is 5.95. The van der Waals surface area contributed by atoms with Crippen LogP contribution in [0.1, 0.15) is 23.1 Å². The van der Waals surface area contributed by atoms with Gasteiger partial charge in [-0.15, -0.1) is 0 Å². The number of hydrogen-bond acceptors (Lipinski definition) is 3. The molecule has 0 amide bonds. The molecular formula is C15H24N4. The number of rotatable bonds is 3. The summed E-state index contributed by atoms with van der Waals surface area (Å²) in [5.41, 5.74) is 8.91. The van der Waals surface area contributed by atoms with Gasteiger partial charge in [-0.05, 0) is 50.7 Å². The lowest BCUT2D eigenvalue weighted by atomic mass is 10.0. The summed E-state index contributed by atoms with van der Waals surface area (Å²) < 4.78 is 0. The Balaban J connectivity index is 2.04. The van der Waals surface area contributed by atoms with Crippen molar-refractivity contribution in [2.75, 3.05) is 33.2 Å². The van der Waals surface area contributed by atoms with E-state index in [0.717, 1.165) is 31.7 Å². The molecule has 1 aliphatic heterocycles. The van der Waals surface area contributed by atoms with Gasteiger partial charge >= 0.3 is 0 Å². The SMILES string of the molecule is Cc1cc(C(=N)N)ccc1CN1CCCN(C)CC1. The fourth-order valence-corrected chi connectivity index (χ4v) is 2.54. The maximum Gasteiger partial charge on any atom is 0.122 e. The van der Waals surface area contributed by atoms with E-state index in [9.17, 15) is 0 Å². The molecule has 2 rings (SSSR count). The van der Waals surface area contributed by atoms with Crippen LogP contribution in [0.5, 0.6) is 0 Å². The van der Waals surface area contributed by atoms with Gasteiger partial charge in [0.15, 0.2) is 0 Å². The molecule has 104 valence electrons. The minimum absolute atomic E-state index is 0.144. The van der Waals surface area contributed by atoms with Crippen LogP contribution in [0, 0.1) is 12.3 Å². The van der Waals surface area contributed by atoms with Crippen molar-refractivity contribution in [3.63, 3.8) is 0 Å². The maximum atomic E-state index is 7.47. The molecule has 4 nitrogen and oxygen atoms in total. The number of nitrogens with zero attached hydrogens (tertiary/aromatic N) is 2. The molecule has 1 heterocycles. The number of aryl methyl sites for hydroxylation is 1. The van der Waals surface area contributed by atoms with Crippen LogP contribution in [-0.4, -0.2) is 48.9 Å². The Morgan fingerprint density at radius 1 is 1.26 bits per heavy atom. The largest absolute Gasteiger partial charge is 0.384 e. The van der Waals surface area contributed by atoms with Gasteiger partial charge < -0.3 is 10.6 Å². The van der Waals surface area contributed by atoms with Crippen LogP contribution in [0.25, 0.3) is 0 Å². The summed E-state index contributed by atoms with van der Waals surface area (Å²) in [6.45, 7) is 7.73. The Hall–Kier alpha value is -1.39. The zero-order valence-corrected chi connectivity index (χ0v) is 11.9. The summed E-state index contributed by atoms with van der Waals surface area (Å²) in [4.78, 5) is 4.91. The molecule has 19 heavy (non-hydrogen) atoms. The second-order valence-corrected chi connectivity index (χ2v) is 5.49. The molecule has 0 unspecified atom stereocenters. The third-order valence-corrected chi connectivity index (χ3v) is 3.86. The number of nitrogens with one attached hydrogen (secondary N) is 1. The van der Waals surface area contributed by atoms with E-state index < -0.39 is 0 Å². The quantitative estimate of drug-likeness (QED) is 0.638. The van der Waals surface area contributed by atoms with Gasteiger partial charge in [-0.2, -0.15) is 0 Å². The first-order valence-electron chi connectivity index (χ1n) is 6.91. The molecule has 1 saturated heterocycles. The molecule has 0 spiro atoms. The molecule has 1 aromatic carbocycles. The lowest BCUT2D eigenvalue weighted by molar-refractivity contribution is 0.269. The lowest BCUT2D eigenvalue weighted by Gasteiger charge is -2.21. The third kappa shape index (κ3) is 3.78. The van der Waals surface area contributed by atoms with Gasteiger partial charge in [0, 0.05) is 25.2 Å². The van der Waals surface area contributed by atoms with Crippen LogP contribution in [0.3, 0.4) is 0 Å². The molecule has 0 aliphatic carbocycles. The van der Waals surface area contributed by atoms with E-state index in [-0.39, 0.29) is 5.84 Å². The average Bonchev–Trinajstić information content (AvgIpc) is 2.57. The predicted octanol–water partition coefficient (Wildman–Crippen LogP) is 1.42. The lowest BCUT2D eigenvalue weighted by Crippen LogP contribution is -2.28. The van der Waals surface area contributed by atoms with Crippen molar-refractivity contribution in [2.24, 2.45) is 5.73 Å². The molecule has 0 saturated carbocycles. The second-order valence-electron chi connectivity index (χ2n) is 5.49. The van der Waals surface area contributed by atoms with Crippen molar-refractivity contribution in [2.45, 2.75) is 19.9 Å². The van der Waals surface area contributed by atoms with Crippen LogP contribution in [-0.2, 0) is 6.54 Å². The molecule has 4 heteroatoms. The second kappa shape index (κ2) is 6.17. The molecule has 0 aromatic heterocycles. The highest BCUT2D eigenvalue weighted by Gasteiger charge is 2.13. The number of likely N-dealkylation sites (N-methyl/N-ethyl adjacent to an activating group) is 1. The predicted molar refractivity (Wildman–Crippen MR) is 79.6 cm³/mol. The molecule has 1 aliphatic rings. The first-order valence-corrected chi connectivity index (χ1v) is 6.91. The highest BCUT2D eigenvalue weighted by atomic mass is 15.2. The summed E-state index contributed by atoms with van der Waals surface area (Å²) in [7, 11) is 2.19. The van der Waals surface area contributed by atoms with Gasteiger partial charge in [0.25, 0.3) is 0 Å². The molecular weight excluding hydrogens is 236 g/mol. The van der Waals surface area contributed by atoms with Crippen LogP contribution < -0.4 is 5.73 Å². The smallest absolute Gasteiger partial charge is 0.122 e. The van der Waals surface area contributed by atoms with E-state index in [2.05, 4.69) is 29.8 Å². The van der Waals surface area contributed by atoms with E-state index in [1.807, 2.05) is 12.1 Å². The van der Waals surface area contributed by atoms with Crippen LogP contribution >= 0.6 is 0 Å². The average molecular weight is 260 g/mol. The number of amidine groups is 1. The summed E-state index contributed by atoms with van der Waals surface area (Å²) in [6.07, 6.45) is 1.24. The van der Waals surface area contributed by atoms with E-state index in [1.165, 1.54) is 24.1 Å². The molecule has 0 bridgehead atoms. The number of hydrogen-bond donors (Lipinski definition) is 2. The Labute approximate surface area is 115 Å². The fraction of sp³-hybridized carbons (Fsp3) is 0.533. The summed E-state index contributed by atoms with van der Waals surface area (Å²) in [6, 6.07) is 6.08. The highest BCUT2D eigenvalue weighted by Crippen LogP contribution is 2.14. The summed E-state index contributed by atoms with van der Waals surface area (Å²) in [5.74, 6) is 0.144. The van der Waals surface area contributed by atoms with Crippen LogP contribution in [0.4, 0.5) is 0 Å². The minimum Gasteiger partial charge on any atom is -0.384 e. The number of nitrogen functional groups attached to an aromatic ring is 1. The van der Waals surface area contributed by atoms with Gasteiger partial charge in [0.1, 0.15) is 5.84 Å². The molecule has 0 radical (unpaired) electrons. The maximum absolute atomic E-state index is 7.47. The van der Waals surface area contributed by atoms with Crippen molar-refractivity contribution in [1.29, 1.82) is 5.41 Å². The van der Waals surface area contributed by atoms with Crippen molar-refractivity contribution < 1.29 is 0 Å². The van der Waals surface area contributed by atoms with Crippen molar-refractivity contribution in [3.05, 3.63) is 34.9 Å². The standard InChI is InChI=1S/C15H24N4/c1-12-10-13(15(16)17)4-5-14(12)11-19-7-3-6-18(2)8-9-19/h4-5,10H,3,6-9,11H2,1-2H3,(H3,16,17). The number of benzene rings is 1. The minimum atomic E-state index is 0.144. The first-order chi connectivity index (χ1) is 9.06. The molecule has 1 aromatic rings. The van der Waals surface area contributed by atoms with Crippen LogP contribution in [0.2, 0.25) is 0 Å². The molecule has 3 N–H and O–H groups in total. The van der Waals surface area contributed by atoms with E-state index in [4.69, 9.17) is 11.1 Å². The number of nitrogens with two attached hydrogens (primary N) is 1. The van der Waals surface area contributed by atoms with Gasteiger partial charge in [-0.3, -0.25) is 10.3 Å². The zero-order valence-electron chi connectivity index (χ0n) is 11.9. The molecule has 1 fully saturated rings. The topological polar surface area (TPSA) is 56.4 Å².